The fraction of sp³-hybridized carbons (Fsp3) is 0.455. The van der Waals surface area contributed by atoms with E-state index >= 15 is 0 Å². The highest BCUT2D eigenvalue weighted by atomic mass is 35.5. The molecule has 1 aromatic rings. The Bertz CT molecular complexity index is 342. The van der Waals surface area contributed by atoms with Crippen molar-refractivity contribution in [3.05, 3.63) is 28.8 Å². The summed E-state index contributed by atoms with van der Waals surface area (Å²) in [4.78, 5) is 0. The van der Waals surface area contributed by atoms with Crippen molar-refractivity contribution in [3.8, 4) is 5.75 Å². The van der Waals surface area contributed by atoms with Gasteiger partial charge in [0.05, 0.1) is 12.1 Å². The van der Waals surface area contributed by atoms with Gasteiger partial charge in [0.2, 0.25) is 0 Å². The number of methoxy groups -OCH3 is 4. The standard InChI is InChI=1S/C11H15ClO4/c1-13-10-6-5-8(7-9(10)12)11(14-2,15-3)16-4/h5-7H,1-4H3. The van der Waals surface area contributed by atoms with Gasteiger partial charge in [0.1, 0.15) is 5.75 Å². The summed E-state index contributed by atoms with van der Waals surface area (Å²) >= 11 is 6.01. The van der Waals surface area contributed by atoms with Crippen LogP contribution >= 0.6 is 11.6 Å². The Morgan fingerprint density at radius 2 is 1.56 bits per heavy atom. The van der Waals surface area contributed by atoms with Crippen LogP contribution in [0.25, 0.3) is 0 Å². The molecule has 0 spiro atoms. The monoisotopic (exact) mass is 246 g/mol. The summed E-state index contributed by atoms with van der Waals surface area (Å²) < 4.78 is 20.7. The largest absolute Gasteiger partial charge is 0.495 e. The average Bonchev–Trinajstić information content (AvgIpc) is 2.32. The normalized spacial score (nSPS) is 11.6. The first-order chi connectivity index (χ1) is 7.63. The van der Waals surface area contributed by atoms with E-state index in [4.69, 9.17) is 30.5 Å². The van der Waals surface area contributed by atoms with Crippen LogP contribution in [0, 0.1) is 0 Å². The Morgan fingerprint density at radius 1 is 1.00 bits per heavy atom. The van der Waals surface area contributed by atoms with Crippen LogP contribution in [0.1, 0.15) is 5.56 Å². The summed E-state index contributed by atoms with van der Waals surface area (Å²) in [5.74, 6) is -0.654. The van der Waals surface area contributed by atoms with Crippen molar-refractivity contribution in [2.24, 2.45) is 0 Å². The molecule has 0 radical (unpaired) electrons. The lowest BCUT2D eigenvalue weighted by atomic mass is 10.2. The molecule has 1 aromatic carbocycles. The summed E-state index contributed by atoms with van der Waals surface area (Å²) in [6, 6.07) is 5.17. The molecule has 0 N–H and O–H groups in total. The third-order valence-corrected chi connectivity index (χ3v) is 2.61. The molecule has 16 heavy (non-hydrogen) atoms. The molecule has 0 saturated heterocycles. The van der Waals surface area contributed by atoms with Gasteiger partial charge < -0.3 is 18.9 Å². The molecule has 0 amide bonds. The molecule has 0 aliphatic heterocycles. The van der Waals surface area contributed by atoms with E-state index in [0.717, 1.165) is 0 Å². The van der Waals surface area contributed by atoms with Gasteiger partial charge in [-0.05, 0) is 18.2 Å². The van der Waals surface area contributed by atoms with E-state index < -0.39 is 5.97 Å². The van der Waals surface area contributed by atoms with E-state index in [1.807, 2.05) is 0 Å². The first-order valence-corrected chi connectivity index (χ1v) is 5.00. The van der Waals surface area contributed by atoms with Crippen LogP contribution in [0.15, 0.2) is 18.2 Å². The maximum atomic E-state index is 6.01. The van der Waals surface area contributed by atoms with Gasteiger partial charge in [-0.2, -0.15) is 0 Å². The van der Waals surface area contributed by atoms with Crippen LogP contribution in [0.2, 0.25) is 5.02 Å². The number of benzene rings is 1. The van der Waals surface area contributed by atoms with Gasteiger partial charge in [-0.15, -0.1) is 0 Å². The van der Waals surface area contributed by atoms with Crippen molar-refractivity contribution in [1.29, 1.82) is 0 Å². The van der Waals surface area contributed by atoms with Crippen LogP contribution in [-0.4, -0.2) is 28.4 Å². The highest BCUT2D eigenvalue weighted by molar-refractivity contribution is 6.32. The van der Waals surface area contributed by atoms with E-state index in [2.05, 4.69) is 0 Å². The molecule has 0 aliphatic rings. The maximum absolute atomic E-state index is 6.01. The lowest BCUT2D eigenvalue weighted by molar-refractivity contribution is -0.364. The van der Waals surface area contributed by atoms with Crippen molar-refractivity contribution in [3.63, 3.8) is 0 Å². The molecule has 0 aromatic heterocycles. The number of hydrogen-bond acceptors (Lipinski definition) is 4. The molecular formula is C11H15ClO4. The van der Waals surface area contributed by atoms with Crippen molar-refractivity contribution in [2.45, 2.75) is 5.97 Å². The van der Waals surface area contributed by atoms with Crippen LogP contribution in [0.4, 0.5) is 0 Å². The number of rotatable bonds is 5. The summed E-state index contributed by atoms with van der Waals surface area (Å²) in [6.45, 7) is 0. The SMILES string of the molecule is COc1ccc(C(OC)(OC)OC)cc1Cl. The second kappa shape index (κ2) is 5.50. The number of ether oxygens (including phenoxy) is 4. The Labute approximate surface area is 100 Å². The molecule has 0 fully saturated rings. The van der Waals surface area contributed by atoms with Crippen LogP contribution in [0.5, 0.6) is 5.75 Å². The first-order valence-electron chi connectivity index (χ1n) is 4.63. The Kier molecular flexibility index (Phi) is 4.56. The van der Waals surface area contributed by atoms with Gasteiger partial charge in [0.25, 0.3) is 0 Å². The average molecular weight is 247 g/mol. The van der Waals surface area contributed by atoms with Crippen molar-refractivity contribution in [2.75, 3.05) is 28.4 Å². The van der Waals surface area contributed by atoms with Crippen LogP contribution < -0.4 is 4.74 Å². The van der Waals surface area contributed by atoms with Gasteiger partial charge >= 0.3 is 5.97 Å². The molecule has 0 bridgehead atoms. The highest BCUT2D eigenvalue weighted by Crippen LogP contribution is 2.32. The lowest BCUT2D eigenvalue weighted by Crippen LogP contribution is -2.32. The zero-order chi connectivity index (χ0) is 12.2. The molecule has 0 unspecified atom stereocenters. The summed E-state index contributed by atoms with van der Waals surface area (Å²) in [5.41, 5.74) is 0.658. The molecule has 0 heterocycles. The zero-order valence-corrected chi connectivity index (χ0v) is 10.5. The second-order valence-corrected chi connectivity index (χ2v) is 3.43. The Hall–Kier alpha value is -0.810. The molecule has 0 aliphatic carbocycles. The summed E-state index contributed by atoms with van der Waals surface area (Å²) in [7, 11) is 6.03. The third-order valence-electron chi connectivity index (χ3n) is 2.31. The van der Waals surface area contributed by atoms with Crippen molar-refractivity contribution < 1.29 is 18.9 Å². The second-order valence-electron chi connectivity index (χ2n) is 3.02. The van der Waals surface area contributed by atoms with Gasteiger partial charge in [0.15, 0.2) is 0 Å². The molecule has 90 valence electrons. The minimum atomic E-state index is -1.24. The van der Waals surface area contributed by atoms with Gasteiger partial charge in [-0.1, -0.05) is 11.6 Å². The fourth-order valence-corrected chi connectivity index (χ4v) is 1.72. The topological polar surface area (TPSA) is 36.9 Å². The molecular weight excluding hydrogens is 232 g/mol. The molecule has 0 saturated carbocycles. The number of halogens is 1. The minimum Gasteiger partial charge on any atom is -0.495 e. The Balaban J connectivity index is 3.16. The Morgan fingerprint density at radius 3 is 1.94 bits per heavy atom. The predicted octanol–water partition coefficient (Wildman–Crippen LogP) is 2.40. The molecule has 1 rings (SSSR count). The third kappa shape index (κ3) is 2.30. The first kappa shape index (κ1) is 13.3. The van der Waals surface area contributed by atoms with E-state index in [9.17, 15) is 0 Å². The zero-order valence-electron chi connectivity index (χ0n) is 9.74. The van der Waals surface area contributed by atoms with Gasteiger partial charge in [-0.25, -0.2) is 0 Å². The van der Waals surface area contributed by atoms with E-state index in [1.54, 1.807) is 25.3 Å². The quantitative estimate of drug-likeness (QED) is 0.748. The van der Waals surface area contributed by atoms with E-state index in [-0.39, 0.29) is 0 Å². The van der Waals surface area contributed by atoms with Gasteiger partial charge in [-0.3, -0.25) is 0 Å². The van der Waals surface area contributed by atoms with E-state index in [0.29, 0.717) is 16.3 Å². The van der Waals surface area contributed by atoms with Crippen molar-refractivity contribution >= 4 is 11.6 Å². The summed E-state index contributed by atoms with van der Waals surface area (Å²) in [6.07, 6.45) is 0. The molecule has 0 atom stereocenters. The van der Waals surface area contributed by atoms with Crippen molar-refractivity contribution in [1.82, 2.24) is 0 Å². The smallest absolute Gasteiger partial charge is 0.311 e. The van der Waals surface area contributed by atoms with E-state index in [1.165, 1.54) is 21.3 Å². The minimum absolute atomic E-state index is 0.468. The number of hydrogen-bond donors (Lipinski definition) is 0. The fourth-order valence-electron chi connectivity index (χ4n) is 1.46. The lowest BCUT2D eigenvalue weighted by Gasteiger charge is -2.29. The van der Waals surface area contributed by atoms with Gasteiger partial charge in [0, 0.05) is 26.9 Å². The van der Waals surface area contributed by atoms with Crippen LogP contribution in [0.3, 0.4) is 0 Å². The summed E-state index contributed by atoms with van der Waals surface area (Å²) in [5, 5.41) is 0.468. The maximum Gasteiger partial charge on any atom is 0.311 e. The van der Waals surface area contributed by atoms with Crippen LogP contribution in [-0.2, 0) is 20.2 Å². The molecule has 4 nitrogen and oxygen atoms in total. The molecule has 5 heteroatoms. The predicted molar refractivity (Wildman–Crippen MR) is 60.7 cm³/mol. The highest BCUT2D eigenvalue weighted by Gasteiger charge is 2.32.